The summed E-state index contributed by atoms with van der Waals surface area (Å²) in [7, 11) is 0. The second-order valence-electron chi connectivity index (χ2n) is 5.87. The SMILES string of the molecule is CCCCN(CC)C(=O)c1cc2c(=O)n3cccc(C)c3nc2s1. The minimum absolute atomic E-state index is 0.0147. The average molecular weight is 343 g/mol. The van der Waals surface area contributed by atoms with Crippen molar-refractivity contribution < 1.29 is 4.79 Å². The molecule has 126 valence electrons. The number of hydrogen-bond acceptors (Lipinski definition) is 4. The Balaban J connectivity index is 2.10. The van der Waals surface area contributed by atoms with Crippen LogP contribution in [-0.4, -0.2) is 33.3 Å². The number of unbranched alkanes of at least 4 members (excludes halogenated alkanes) is 1. The third-order valence-corrected chi connectivity index (χ3v) is 5.21. The van der Waals surface area contributed by atoms with Crippen molar-refractivity contribution in [2.24, 2.45) is 0 Å². The summed E-state index contributed by atoms with van der Waals surface area (Å²) >= 11 is 1.30. The maximum atomic E-state index is 12.7. The highest BCUT2D eigenvalue weighted by Gasteiger charge is 2.19. The molecule has 3 rings (SSSR count). The molecule has 0 N–H and O–H groups in total. The van der Waals surface area contributed by atoms with Crippen LogP contribution in [0, 0.1) is 6.92 Å². The van der Waals surface area contributed by atoms with E-state index in [0.717, 1.165) is 24.9 Å². The number of pyridine rings is 1. The van der Waals surface area contributed by atoms with E-state index in [9.17, 15) is 9.59 Å². The molecular weight excluding hydrogens is 322 g/mol. The third-order valence-electron chi connectivity index (χ3n) is 4.19. The van der Waals surface area contributed by atoms with Gasteiger partial charge in [0.05, 0.1) is 10.3 Å². The van der Waals surface area contributed by atoms with Gasteiger partial charge < -0.3 is 4.90 Å². The highest BCUT2D eigenvalue weighted by atomic mass is 32.1. The van der Waals surface area contributed by atoms with Crippen LogP contribution in [0.3, 0.4) is 0 Å². The summed E-state index contributed by atoms with van der Waals surface area (Å²) in [5, 5.41) is 0.512. The zero-order valence-corrected chi connectivity index (χ0v) is 15.0. The predicted octanol–water partition coefficient (Wildman–Crippen LogP) is 3.48. The molecule has 0 atom stereocenters. The van der Waals surface area contributed by atoms with E-state index in [-0.39, 0.29) is 11.5 Å². The van der Waals surface area contributed by atoms with Gasteiger partial charge in [0.25, 0.3) is 11.5 Å². The number of fused-ring (bicyclic) bond motifs is 2. The lowest BCUT2D eigenvalue weighted by molar-refractivity contribution is 0.0767. The number of aryl methyl sites for hydroxylation is 1. The summed E-state index contributed by atoms with van der Waals surface area (Å²) in [5.41, 5.74) is 1.47. The number of nitrogens with zero attached hydrogens (tertiary/aromatic N) is 3. The van der Waals surface area contributed by atoms with Gasteiger partial charge in [-0.25, -0.2) is 4.98 Å². The van der Waals surface area contributed by atoms with Gasteiger partial charge in [-0.1, -0.05) is 19.4 Å². The lowest BCUT2D eigenvalue weighted by atomic mass is 10.2. The fourth-order valence-corrected chi connectivity index (χ4v) is 3.76. The first-order chi connectivity index (χ1) is 11.6. The van der Waals surface area contributed by atoms with Crippen molar-refractivity contribution in [2.75, 3.05) is 13.1 Å². The summed E-state index contributed by atoms with van der Waals surface area (Å²) in [6, 6.07) is 5.46. The number of rotatable bonds is 5. The van der Waals surface area contributed by atoms with Crippen molar-refractivity contribution in [3.05, 3.63) is 45.2 Å². The minimum atomic E-state index is -0.120. The standard InChI is InChI=1S/C18H21N3O2S/c1-4-6-9-20(5-2)18(23)14-11-13-16(24-14)19-15-12(3)8-7-10-21(15)17(13)22/h7-8,10-11H,4-6,9H2,1-3H3. The largest absolute Gasteiger partial charge is 0.338 e. The van der Waals surface area contributed by atoms with Crippen molar-refractivity contribution in [1.29, 1.82) is 0 Å². The van der Waals surface area contributed by atoms with Crippen molar-refractivity contribution >= 4 is 33.1 Å². The number of carbonyl (C=O) groups excluding carboxylic acids is 1. The van der Waals surface area contributed by atoms with E-state index in [2.05, 4.69) is 11.9 Å². The van der Waals surface area contributed by atoms with Gasteiger partial charge in [-0.05, 0) is 38.0 Å². The van der Waals surface area contributed by atoms with Crippen LogP contribution in [0.1, 0.15) is 41.9 Å². The molecule has 0 aliphatic rings. The summed E-state index contributed by atoms with van der Waals surface area (Å²) in [6.07, 6.45) is 3.74. The summed E-state index contributed by atoms with van der Waals surface area (Å²) < 4.78 is 1.55. The molecule has 3 aromatic rings. The first-order valence-electron chi connectivity index (χ1n) is 8.27. The molecule has 24 heavy (non-hydrogen) atoms. The zero-order valence-electron chi connectivity index (χ0n) is 14.2. The second kappa shape index (κ2) is 6.73. The Morgan fingerprint density at radius 3 is 2.88 bits per heavy atom. The fourth-order valence-electron chi connectivity index (χ4n) is 2.77. The first kappa shape index (κ1) is 16.6. The Hall–Kier alpha value is -2.21. The highest BCUT2D eigenvalue weighted by molar-refractivity contribution is 7.20. The molecule has 0 aromatic carbocycles. The number of carbonyl (C=O) groups is 1. The van der Waals surface area contributed by atoms with E-state index in [0.29, 0.717) is 27.3 Å². The summed E-state index contributed by atoms with van der Waals surface area (Å²) in [4.78, 5) is 33.1. The number of thiophene rings is 1. The molecule has 1 amide bonds. The van der Waals surface area contributed by atoms with Gasteiger partial charge in [0.15, 0.2) is 0 Å². The van der Waals surface area contributed by atoms with Gasteiger partial charge >= 0.3 is 0 Å². The van der Waals surface area contributed by atoms with E-state index < -0.39 is 0 Å². The molecule has 0 spiro atoms. The Bertz CT molecular complexity index is 958. The molecule has 6 heteroatoms. The van der Waals surface area contributed by atoms with Crippen molar-refractivity contribution in [1.82, 2.24) is 14.3 Å². The predicted molar refractivity (Wildman–Crippen MR) is 98.1 cm³/mol. The van der Waals surface area contributed by atoms with E-state index in [1.807, 2.05) is 30.9 Å². The molecule has 5 nitrogen and oxygen atoms in total. The van der Waals surface area contributed by atoms with Crippen LogP contribution < -0.4 is 5.56 Å². The van der Waals surface area contributed by atoms with Crippen LogP contribution in [0.25, 0.3) is 15.9 Å². The highest BCUT2D eigenvalue weighted by Crippen LogP contribution is 2.24. The van der Waals surface area contributed by atoms with Crippen molar-refractivity contribution in [2.45, 2.75) is 33.6 Å². The normalized spacial score (nSPS) is 11.3. The van der Waals surface area contributed by atoms with Crippen LogP contribution >= 0.6 is 11.3 Å². The molecule has 0 bridgehead atoms. The summed E-state index contributed by atoms with van der Waals surface area (Å²) in [6.45, 7) is 7.42. The lowest BCUT2D eigenvalue weighted by Gasteiger charge is -2.19. The minimum Gasteiger partial charge on any atom is -0.338 e. The second-order valence-corrected chi connectivity index (χ2v) is 6.90. The molecule has 0 unspecified atom stereocenters. The number of hydrogen-bond donors (Lipinski definition) is 0. The molecule has 0 fully saturated rings. The molecule has 0 aliphatic carbocycles. The monoisotopic (exact) mass is 343 g/mol. The van der Waals surface area contributed by atoms with Crippen molar-refractivity contribution in [3.63, 3.8) is 0 Å². The fraction of sp³-hybridized carbons (Fsp3) is 0.389. The van der Waals surface area contributed by atoms with Crippen LogP contribution in [0.5, 0.6) is 0 Å². The molecule has 0 radical (unpaired) electrons. The summed E-state index contributed by atoms with van der Waals surface area (Å²) in [5.74, 6) is -0.0147. The quantitative estimate of drug-likeness (QED) is 0.713. The Labute approximate surface area is 144 Å². The molecule has 0 saturated heterocycles. The number of aromatic nitrogens is 2. The molecule has 3 heterocycles. The first-order valence-corrected chi connectivity index (χ1v) is 9.09. The van der Waals surface area contributed by atoms with Crippen LogP contribution in [0.15, 0.2) is 29.2 Å². The van der Waals surface area contributed by atoms with Gasteiger partial charge in [-0.15, -0.1) is 11.3 Å². The van der Waals surface area contributed by atoms with Gasteiger partial charge in [-0.3, -0.25) is 14.0 Å². The lowest BCUT2D eigenvalue weighted by Crippen LogP contribution is -2.31. The zero-order chi connectivity index (χ0) is 17.3. The Morgan fingerprint density at radius 1 is 1.38 bits per heavy atom. The molecule has 0 saturated carbocycles. The van der Waals surface area contributed by atoms with E-state index in [1.54, 1.807) is 16.7 Å². The maximum Gasteiger partial charge on any atom is 0.266 e. The maximum absolute atomic E-state index is 12.7. The van der Waals surface area contributed by atoms with E-state index in [1.165, 1.54) is 11.3 Å². The van der Waals surface area contributed by atoms with E-state index in [4.69, 9.17) is 0 Å². The number of amides is 1. The van der Waals surface area contributed by atoms with Crippen LogP contribution in [0.2, 0.25) is 0 Å². The Kier molecular flexibility index (Phi) is 4.66. The van der Waals surface area contributed by atoms with Gasteiger partial charge in [-0.2, -0.15) is 0 Å². The van der Waals surface area contributed by atoms with Gasteiger partial charge in [0, 0.05) is 19.3 Å². The Morgan fingerprint density at radius 2 is 2.17 bits per heavy atom. The third kappa shape index (κ3) is 2.82. The topological polar surface area (TPSA) is 54.7 Å². The van der Waals surface area contributed by atoms with Crippen LogP contribution in [-0.2, 0) is 0 Å². The smallest absolute Gasteiger partial charge is 0.266 e. The molecule has 3 aromatic heterocycles. The average Bonchev–Trinajstić information content (AvgIpc) is 3.01. The van der Waals surface area contributed by atoms with Gasteiger partial charge in [0.2, 0.25) is 0 Å². The van der Waals surface area contributed by atoms with E-state index >= 15 is 0 Å². The van der Waals surface area contributed by atoms with Crippen molar-refractivity contribution in [3.8, 4) is 0 Å². The van der Waals surface area contributed by atoms with Gasteiger partial charge in [0.1, 0.15) is 10.5 Å². The molecule has 0 aliphatic heterocycles. The van der Waals surface area contributed by atoms with Crippen LogP contribution in [0.4, 0.5) is 0 Å². The molecular formula is C18H21N3O2S.